The molecule has 1 rings (SSSR count). The first-order valence-electron chi connectivity index (χ1n) is 6.83. The van der Waals surface area contributed by atoms with Gasteiger partial charge in [-0.1, -0.05) is 48.7 Å². The summed E-state index contributed by atoms with van der Waals surface area (Å²) in [7, 11) is 1.46. The van der Waals surface area contributed by atoms with Crippen LogP contribution in [0.5, 0.6) is 11.5 Å². The minimum atomic E-state index is -0.295. The molecule has 20 heavy (non-hydrogen) atoms. The molecule has 112 valence electrons. The van der Waals surface area contributed by atoms with Gasteiger partial charge in [0.1, 0.15) is 0 Å². The average Bonchev–Trinajstić information content (AvgIpc) is 2.46. The Morgan fingerprint density at radius 1 is 1.40 bits per heavy atom. The molecule has 0 bridgehead atoms. The van der Waals surface area contributed by atoms with Crippen molar-refractivity contribution in [3.05, 3.63) is 23.8 Å². The number of carbonyl (C=O) groups excluding carboxylic acids is 1. The molecule has 0 aromatic heterocycles. The van der Waals surface area contributed by atoms with Crippen LogP contribution in [0.1, 0.15) is 37.0 Å². The fraction of sp³-hybridized carbons (Fsp3) is 0.533. The maximum Gasteiger partial charge on any atom is 0.255 e. The molecule has 0 aliphatic heterocycles. The molecule has 0 heterocycles. The number of rotatable bonds is 7. The number of alkyl halides is 1. The van der Waals surface area contributed by atoms with Gasteiger partial charge in [-0.3, -0.25) is 4.79 Å². The van der Waals surface area contributed by atoms with E-state index in [2.05, 4.69) is 35.1 Å². The number of aromatic hydroxyl groups is 1. The smallest absolute Gasteiger partial charge is 0.255 e. The molecule has 2 N–H and O–H groups in total. The highest BCUT2D eigenvalue weighted by molar-refractivity contribution is 9.09. The van der Waals surface area contributed by atoms with E-state index in [1.807, 2.05) is 0 Å². The van der Waals surface area contributed by atoms with E-state index in [9.17, 15) is 9.90 Å². The predicted octanol–water partition coefficient (Wildman–Crippen LogP) is 3.33. The van der Waals surface area contributed by atoms with E-state index in [-0.39, 0.29) is 22.0 Å². The van der Waals surface area contributed by atoms with E-state index in [0.717, 1.165) is 12.8 Å². The third-order valence-electron chi connectivity index (χ3n) is 3.48. The molecule has 0 aliphatic rings. The highest BCUT2D eigenvalue weighted by atomic mass is 79.9. The number of benzene rings is 1. The first-order chi connectivity index (χ1) is 9.54. The summed E-state index contributed by atoms with van der Waals surface area (Å²) in [5, 5.41) is 12.8. The predicted molar refractivity (Wildman–Crippen MR) is 83.8 cm³/mol. The zero-order chi connectivity index (χ0) is 15.1. The number of hydrogen-bond acceptors (Lipinski definition) is 3. The van der Waals surface area contributed by atoms with Gasteiger partial charge < -0.3 is 15.2 Å². The molecule has 0 aliphatic carbocycles. The molecule has 0 fully saturated rings. The lowest BCUT2D eigenvalue weighted by molar-refractivity contribution is 0.0949. The van der Waals surface area contributed by atoms with Crippen LogP contribution in [0.3, 0.4) is 0 Å². The fourth-order valence-corrected chi connectivity index (χ4v) is 3.03. The first kappa shape index (κ1) is 16.8. The van der Waals surface area contributed by atoms with Crippen LogP contribution >= 0.6 is 15.9 Å². The van der Waals surface area contributed by atoms with Gasteiger partial charge in [-0.25, -0.2) is 0 Å². The topological polar surface area (TPSA) is 58.6 Å². The van der Waals surface area contributed by atoms with Gasteiger partial charge in [-0.15, -0.1) is 0 Å². The number of para-hydroxylation sites is 1. The van der Waals surface area contributed by atoms with Crippen molar-refractivity contribution in [2.24, 2.45) is 5.92 Å². The normalized spacial score (nSPS) is 12.2. The molecule has 0 saturated heterocycles. The number of nitrogens with one attached hydrogen (secondary N) is 1. The molecule has 5 heteroatoms. The van der Waals surface area contributed by atoms with E-state index in [0.29, 0.717) is 18.2 Å². The van der Waals surface area contributed by atoms with Crippen molar-refractivity contribution in [2.75, 3.05) is 13.7 Å². The fourth-order valence-electron chi connectivity index (χ4n) is 2.12. The van der Waals surface area contributed by atoms with Crippen LogP contribution in [-0.4, -0.2) is 29.5 Å². The summed E-state index contributed by atoms with van der Waals surface area (Å²) < 4.78 is 5.00. The third kappa shape index (κ3) is 4.13. The van der Waals surface area contributed by atoms with Crippen molar-refractivity contribution < 1.29 is 14.6 Å². The Hall–Kier alpha value is -1.23. The lowest BCUT2D eigenvalue weighted by Crippen LogP contribution is -2.33. The average molecular weight is 344 g/mol. The number of phenols is 1. The molecule has 1 unspecified atom stereocenters. The van der Waals surface area contributed by atoms with E-state index in [4.69, 9.17) is 4.74 Å². The Morgan fingerprint density at radius 2 is 2.05 bits per heavy atom. The Kier molecular flexibility index (Phi) is 6.85. The van der Waals surface area contributed by atoms with Crippen molar-refractivity contribution in [3.8, 4) is 11.5 Å². The number of phenolic OH excluding ortho intramolecular Hbond substituents is 1. The number of carbonyl (C=O) groups is 1. The summed E-state index contributed by atoms with van der Waals surface area (Å²) in [5.41, 5.74) is 0.230. The van der Waals surface area contributed by atoms with Crippen LogP contribution in [0.25, 0.3) is 0 Å². The first-order valence-corrected chi connectivity index (χ1v) is 7.74. The Bertz CT molecular complexity index is 447. The second kappa shape index (κ2) is 8.15. The maximum absolute atomic E-state index is 12.1. The SMILES string of the molecule is CCC(CC)C(Br)CNC(=O)c1cccc(OC)c1O. The van der Waals surface area contributed by atoms with Gasteiger partial charge in [-0.05, 0) is 18.1 Å². The largest absolute Gasteiger partial charge is 0.504 e. The van der Waals surface area contributed by atoms with E-state index in [1.54, 1.807) is 18.2 Å². The van der Waals surface area contributed by atoms with Crippen LogP contribution in [0.15, 0.2) is 18.2 Å². The van der Waals surface area contributed by atoms with Gasteiger partial charge in [0.15, 0.2) is 11.5 Å². The van der Waals surface area contributed by atoms with Crippen LogP contribution < -0.4 is 10.1 Å². The highest BCUT2D eigenvalue weighted by Gasteiger charge is 2.18. The van der Waals surface area contributed by atoms with Crippen molar-refractivity contribution in [2.45, 2.75) is 31.5 Å². The van der Waals surface area contributed by atoms with Crippen molar-refractivity contribution in [1.29, 1.82) is 0 Å². The minimum Gasteiger partial charge on any atom is -0.504 e. The molecule has 4 nitrogen and oxygen atoms in total. The van der Waals surface area contributed by atoms with E-state index < -0.39 is 0 Å². The highest BCUT2D eigenvalue weighted by Crippen LogP contribution is 2.29. The molecule has 0 saturated carbocycles. The molecule has 0 spiro atoms. The van der Waals surface area contributed by atoms with Crippen molar-refractivity contribution >= 4 is 21.8 Å². The lowest BCUT2D eigenvalue weighted by atomic mass is 9.99. The molecule has 1 aromatic carbocycles. The zero-order valence-corrected chi connectivity index (χ0v) is 13.7. The summed E-state index contributed by atoms with van der Waals surface area (Å²) in [6, 6.07) is 4.87. The number of amides is 1. The molecule has 1 amide bonds. The summed E-state index contributed by atoms with van der Waals surface area (Å²) in [5.74, 6) is 0.403. The number of methoxy groups -OCH3 is 1. The zero-order valence-electron chi connectivity index (χ0n) is 12.1. The summed E-state index contributed by atoms with van der Waals surface area (Å²) in [6.07, 6.45) is 2.12. The van der Waals surface area contributed by atoms with Crippen LogP contribution in [0.2, 0.25) is 0 Å². The van der Waals surface area contributed by atoms with E-state index >= 15 is 0 Å². The van der Waals surface area contributed by atoms with Gasteiger partial charge >= 0.3 is 0 Å². The second-order valence-electron chi connectivity index (χ2n) is 4.66. The quantitative estimate of drug-likeness (QED) is 0.746. The maximum atomic E-state index is 12.1. The van der Waals surface area contributed by atoms with Crippen molar-refractivity contribution in [1.82, 2.24) is 5.32 Å². The lowest BCUT2D eigenvalue weighted by Gasteiger charge is -2.20. The van der Waals surface area contributed by atoms with Crippen LogP contribution in [0.4, 0.5) is 0 Å². The third-order valence-corrected chi connectivity index (χ3v) is 4.55. The standard InChI is InChI=1S/C15H22BrNO3/c1-4-10(5-2)12(16)9-17-15(19)11-7-6-8-13(20-3)14(11)18/h6-8,10,12,18H,4-5,9H2,1-3H3,(H,17,19). The van der Waals surface area contributed by atoms with Gasteiger partial charge in [0.2, 0.25) is 0 Å². The summed E-state index contributed by atoms with van der Waals surface area (Å²) >= 11 is 3.61. The van der Waals surface area contributed by atoms with Crippen LogP contribution in [-0.2, 0) is 0 Å². The molecular weight excluding hydrogens is 322 g/mol. The molecule has 1 aromatic rings. The Labute approximate surface area is 128 Å². The van der Waals surface area contributed by atoms with Gasteiger partial charge in [0, 0.05) is 11.4 Å². The second-order valence-corrected chi connectivity index (χ2v) is 5.84. The summed E-state index contributed by atoms with van der Waals surface area (Å²) in [6.45, 7) is 4.80. The Morgan fingerprint density at radius 3 is 2.60 bits per heavy atom. The van der Waals surface area contributed by atoms with Gasteiger partial charge in [-0.2, -0.15) is 0 Å². The van der Waals surface area contributed by atoms with Crippen molar-refractivity contribution in [3.63, 3.8) is 0 Å². The van der Waals surface area contributed by atoms with Crippen LogP contribution in [0, 0.1) is 5.92 Å². The molecular formula is C15H22BrNO3. The number of halogens is 1. The molecule has 1 atom stereocenters. The number of hydrogen-bond donors (Lipinski definition) is 2. The number of ether oxygens (including phenoxy) is 1. The van der Waals surface area contributed by atoms with Gasteiger partial charge in [0.25, 0.3) is 5.91 Å². The minimum absolute atomic E-state index is 0.124. The summed E-state index contributed by atoms with van der Waals surface area (Å²) in [4.78, 5) is 12.3. The monoisotopic (exact) mass is 343 g/mol. The van der Waals surface area contributed by atoms with Gasteiger partial charge in [0.05, 0.1) is 12.7 Å². The van der Waals surface area contributed by atoms with E-state index in [1.165, 1.54) is 7.11 Å². The molecule has 0 radical (unpaired) electrons. The Balaban J connectivity index is 2.68.